The van der Waals surface area contributed by atoms with Gasteiger partial charge in [0, 0.05) is 32.2 Å². The normalized spacial score (nSPS) is 17.2. The zero-order valence-corrected chi connectivity index (χ0v) is 17.8. The predicted molar refractivity (Wildman–Crippen MR) is 110 cm³/mol. The predicted octanol–water partition coefficient (Wildman–Crippen LogP) is 2.61. The van der Waals surface area contributed by atoms with Gasteiger partial charge in [0.25, 0.3) is 5.91 Å². The number of aromatic nitrogens is 3. The molecule has 158 valence electrons. The number of rotatable bonds is 8. The molecule has 0 bridgehead atoms. The SMILES string of the molecule is CCN(CC)C(=O)c1cn(C2CCCN(Cc3cc(OC)cc(OC)c3)C2)nn1. The standard InChI is InChI=1S/C21H31N5O3/c1-5-25(6-2)21(27)20-15-26(23-22-20)17-8-7-9-24(14-17)13-16-10-18(28-3)12-19(11-16)29-4/h10-12,15,17H,5-9,13-14H2,1-4H3. The van der Waals surface area contributed by atoms with Gasteiger partial charge in [0.2, 0.25) is 0 Å². The maximum absolute atomic E-state index is 12.5. The Morgan fingerprint density at radius 2 is 1.86 bits per heavy atom. The Morgan fingerprint density at radius 3 is 2.48 bits per heavy atom. The molecule has 1 unspecified atom stereocenters. The van der Waals surface area contributed by atoms with Crippen molar-refractivity contribution in [3.05, 3.63) is 35.7 Å². The van der Waals surface area contributed by atoms with Crippen molar-refractivity contribution < 1.29 is 14.3 Å². The molecule has 1 atom stereocenters. The van der Waals surface area contributed by atoms with Gasteiger partial charge in [0.05, 0.1) is 26.5 Å². The Bertz CT molecular complexity index is 796. The van der Waals surface area contributed by atoms with Gasteiger partial charge in [-0.15, -0.1) is 5.10 Å². The van der Waals surface area contributed by atoms with E-state index in [1.807, 2.05) is 36.7 Å². The molecule has 3 rings (SSSR count). The van der Waals surface area contributed by atoms with Crippen molar-refractivity contribution >= 4 is 5.91 Å². The van der Waals surface area contributed by atoms with E-state index in [1.54, 1.807) is 25.3 Å². The summed E-state index contributed by atoms with van der Waals surface area (Å²) in [6.07, 6.45) is 3.90. The maximum Gasteiger partial charge on any atom is 0.276 e. The van der Waals surface area contributed by atoms with Crippen LogP contribution in [0, 0.1) is 0 Å². The van der Waals surface area contributed by atoms with Gasteiger partial charge in [0.15, 0.2) is 5.69 Å². The van der Waals surface area contributed by atoms with Crippen LogP contribution in [0.2, 0.25) is 0 Å². The van der Waals surface area contributed by atoms with Gasteiger partial charge in [-0.2, -0.15) is 0 Å². The van der Waals surface area contributed by atoms with E-state index in [2.05, 4.69) is 15.2 Å². The molecule has 29 heavy (non-hydrogen) atoms. The molecule has 1 aliphatic rings. The number of piperidine rings is 1. The minimum Gasteiger partial charge on any atom is -0.497 e. The highest BCUT2D eigenvalue weighted by Gasteiger charge is 2.24. The number of hydrogen-bond donors (Lipinski definition) is 0. The van der Waals surface area contributed by atoms with Gasteiger partial charge in [-0.05, 0) is 50.9 Å². The summed E-state index contributed by atoms with van der Waals surface area (Å²) in [6, 6.07) is 6.18. The van der Waals surface area contributed by atoms with E-state index < -0.39 is 0 Å². The van der Waals surface area contributed by atoms with E-state index >= 15 is 0 Å². The van der Waals surface area contributed by atoms with Crippen molar-refractivity contribution in [3.8, 4) is 11.5 Å². The van der Waals surface area contributed by atoms with Gasteiger partial charge >= 0.3 is 0 Å². The van der Waals surface area contributed by atoms with Crippen LogP contribution in [0.15, 0.2) is 24.4 Å². The quantitative estimate of drug-likeness (QED) is 0.677. The largest absolute Gasteiger partial charge is 0.497 e. The molecule has 1 fully saturated rings. The Balaban J connectivity index is 1.68. The van der Waals surface area contributed by atoms with Crippen LogP contribution < -0.4 is 9.47 Å². The van der Waals surface area contributed by atoms with E-state index in [-0.39, 0.29) is 11.9 Å². The Hall–Kier alpha value is -2.61. The lowest BCUT2D eigenvalue weighted by Gasteiger charge is -2.32. The number of likely N-dealkylation sites (tertiary alicyclic amines) is 1. The summed E-state index contributed by atoms with van der Waals surface area (Å²) in [5.74, 6) is 1.53. The first-order chi connectivity index (χ1) is 14.1. The van der Waals surface area contributed by atoms with E-state index in [0.717, 1.165) is 49.5 Å². The molecular formula is C21H31N5O3. The summed E-state index contributed by atoms with van der Waals surface area (Å²) in [5.41, 5.74) is 1.57. The first-order valence-electron chi connectivity index (χ1n) is 10.2. The van der Waals surface area contributed by atoms with Crippen molar-refractivity contribution in [1.29, 1.82) is 0 Å². The molecule has 2 heterocycles. The average Bonchev–Trinajstić information content (AvgIpc) is 3.24. The molecule has 8 nitrogen and oxygen atoms in total. The number of carbonyl (C=O) groups excluding carboxylic acids is 1. The Morgan fingerprint density at radius 1 is 1.17 bits per heavy atom. The summed E-state index contributed by atoms with van der Waals surface area (Å²) >= 11 is 0. The summed E-state index contributed by atoms with van der Waals surface area (Å²) in [4.78, 5) is 16.7. The molecule has 1 amide bonds. The Labute approximate surface area is 172 Å². The first kappa shape index (κ1) is 21.1. The van der Waals surface area contributed by atoms with Crippen LogP contribution in [0.1, 0.15) is 48.8 Å². The number of carbonyl (C=O) groups is 1. The topological polar surface area (TPSA) is 72.7 Å². The van der Waals surface area contributed by atoms with E-state index in [4.69, 9.17) is 9.47 Å². The van der Waals surface area contributed by atoms with Crippen molar-refractivity contribution in [2.24, 2.45) is 0 Å². The monoisotopic (exact) mass is 401 g/mol. The highest BCUT2D eigenvalue weighted by Crippen LogP contribution is 2.26. The second-order valence-corrected chi connectivity index (χ2v) is 7.31. The molecule has 0 saturated carbocycles. The van der Waals surface area contributed by atoms with Crippen LogP contribution in [0.25, 0.3) is 0 Å². The van der Waals surface area contributed by atoms with Crippen LogP contribution in [0.4, 0.5) is 0 Å². The maximum atomic E-state index is 12.5. The van der Waals surface area contributed by atoms with Gasteiger partial charge < -0.3 is 14.4 Å². The zero-order valence-electron chi connectivity index (χ0n) is 17.8. The highest BCUT2D eigenvalue weighted by atomic mass is 16.5. The number of methoxy groups -OCH3 is 2. The van der Waals surface area contributed by atoms with Crippen LogP contribution in [0.3, 0.4) is 0 Å². The summed E-state index contributed by atoms with van der Waals surface area (Å²) in [5, 5.41) is 8.39. The molecule has 2 aromatic rings. The van der Waals surface area contributed by atoms with Crippen molar-refractivity contribution in [2.75, 3.05) is 40.4 Å². The number of hydrogen-bond acceptors (Lipinski definition) is 6. The molecule has 0 spiro atoms. The van der Waals surface area contributed by atoms with Crippen LogP contribution in [-0.4, -0.2) is 71.1 Å². The fraction of sp³-hybridized carbons (Fsp3) is 0.571. The lowest BCUT2D eigenvalue weighted by atomic mass is 10.0. The lowest BCUT2D eigenvalue weighted by molar-refractivity contribution is 0.0767. The third-order valence-corrected chi connectivity index (χ3v) is 5.45. The molecule has 8 heteroatoms. The second kappa shape index (κ2) is 9.73. The van der Waals surface area contributed by atoms with Crippen molar-refractivity contribution in [3.63, 3.8) is 0 Å². The van der Waals surface area contributed by atoms with Crippen LogP contribution >= 0.6 is 0 Å². The number of ether oxygens (including phenoxy) is 2. The fourth-order valence-electron chi connectivity index (χ4n) is 3.83. The van der Waals surface area contributed by atoms with Gasteiger partial charge in [0.1, 0.15) is 11.5 Å². The molecular weight excluding hydrogens is 370 g/mol. The highest BCUT2D eigenvalue weighted by molar-refractivity contribution is 5.91. The van der Waals surface area contributed by atoms with Crippen LogP contribution in [-0.2, 0) is 6.54 Å². The Kier molecular flexibility index (Phi) is 7.09. The molecule has 1 saturated heterocycles. The second-order valence-electron chi connectivity index (χ2n) is 7.31. The molecule has 0 N–H and O–H groups in total. The van der Waals surface area contributed by atoms with E-state index in [0.29, 0.717) is 18.8 Å². The average molecular weight is 402 g/mol. The summed E-state index contributed by atoms with van der Waals surface area (Å²) in [7, 11) is 3.33. The van der Waals surface area contributed by atoms with Gasteiger partial charge in [-0.25, -0.2) is 4.68 Å². The minimum absolute atomic E-state index is 0.0580. The third kappa shape index (κ3) is 5.06. The molecule has 1 aromatic heterocycles. The fourth-order valence-corrected chi connectivity index (χ4v) is 3.83. The smallest absolute Gasteiger partial charge is 0.276 e. The van der Waals surface area contributed by atoms with Crippen molar-refractivity contribution in [2.45, 2.75) is 39.3 Å². The first-order valence-corrected chi connectivity index (χ1v) is 10.2. The van der Waals surface area contributed by atoms with Gasteiger partial charge in [-0.1, -0.05) is 5.21 Å². The van der Waals surface area contributed by atoms with Crippen LogP contribution in [0.5, 0.6) is 11.5 Å². The number of benzene rings is 1. The van der Waals surface area contributed by atoms with E-state index in [1.165, 1.54) is 0 Å². The van der Waals surface area contributed by atoms with E-state index in [9.17, 15) is 4.79 Å². The number of amides is 1. The van der Waals surface area contributed by atoms with Crippen molar-refractivity contribution in [1.82, 2.24) is 24.8 Å². The van der Waals surface area contributed by atoms with Gasteiger partial charge in [-0.3, -0.25) is 9.69 Å². The number of nitrogens with zero attached hydrogens (tertiary/aromatic N) is 5. The third-order valence-electron chi connectivity index (χ3n) is 5.45. The zero-order chi connectivity index (χ0) is 20.8. The molecule has 1 aliphatic heterocycles. The summed E-state index contributed by atoms with van der Waals surface area (Å²) in [6.45, 7) is 7.98. The molecule has 0 aliphatic carbocycles. The lowest BCUT2D eigenvalue weighted by Crippen LogP contribution is -2.36. The molecule has 1 aromatic carbocycles. The molecule has 0 radical (unpaired) electrons. The summed E-state index contributed by atoms with van der Waals surface area (Å²) < 4.78 is 12.6. The minimum atomic E-state index is -0.0580.